The molecule has 2 aromatic carbocycles. The Bertz CT molecular complexity index is 1670. The van der Waals surface area contributed by atoms with Crippen LogP contribution in [0, 0.1) is 0 Å². The van der Waals surface area contributed by atoms with Gasteiger partial charge in [-0.05, 0) is 114 Å². The summed E-state index contributed by atoms with van der Waals surface area (Å²) >= 11 is 2.29. The Balaban J connectivity index is 0.000000915. The average Bonchev–Trinajstić information content (AvgIpc) is 3.60. The minimum atomic E-state index is -0.160. The maximum Gasteiger partial charge on any atom is 0.454 e. The molecule has 2 unspecified atom stereocenters. The van der Waals surface area contributed by atoms with Gasteiger partial charge in [0.15, 0.2) is 24.8 Å². The van der Waals surface area contributed by atoms with Crippen LogP contribution in [-0.4, -0.2) is 136 Å². The van der Waals surface area contributed by atoms with Crippen LogP contribution in [0.15, 0.2) is 110 Å². The third-order valence-corrected chi connectivity index (χ3v) is 12.7. The van der Waals surface area contributed by atoms with Gasteiger partial charge in [-0.2, -0.15) is 10.0 Å². The van der Waals surface area contributed by atoms with Gasteiger partial charge in [0.1, 0.15) is 0 Å². The molecule has 2 aliphatic carbocycles. The molecular formula is C54H96BIN8O4+2. The number of halogens is 1. The summed E-state index contributed by atoms with van der Waals surface area (Å²) in [6, 6.07) is 32.0. The van der Waals surface area contributed by atoms with E-state index in [0.29, 0.717) is 0 Å². The smallest absolute Gasteiger partial charge is 0.403 e. The zero-order chi connectivity index (χ0) is 50.3. The lowest BCUT2D eigenvalue weighted by atomic mass is 9.87. The Hall–Kier alpha value is -3.19. The highest BCUT2D eigenvalue weighted by Gasteiger charge is 2.48. The van der Waals surface area contributed by atoms with Crippen molar-refractivity contribution in [1.82, 2.24) is 9.80 Å². The van der Waals surface area contributed by atoms with Crippen molar-refractivity contribution in [2.45, 2.75) is 125 Å². The van der Waals surface area contributed by atoms with E-state index in [1.54, 1.807) is 22.3 Å². The normalized spacial score (nSPS) is 19.5. The fraction of sp³-hybridized carbons (Fsp3) is 0.593. The number of alkyl halides is 1. The van der Waals surface area contributed by atoms with Crippen LogP contribution in [-0.2, 0) is 35.0 Å². The first-order valence-corrected chi connectivity index (χ1v) is 26.1. The maximum atomic E-state index is 7.00. The van der Waals surface area contributed by atoms with Crippen LogP contribution in [0.2, 0.25) is 6.82 Å². The lowest BCUT2D eigenvalue weighted by Crippen LogP contribution is -2.65. The summed E-state index contributed by atoms with van der Waals surface area (Å²) in [5.74, 6) is 0. The summed E-state index contributed by atoms with van der Waals surface area (Å²) in [5, 5.41) is 18.9. The molecule has 68 heavy (non-hydrogen) atoms. The number of hydrogen-bond acceptors (Lipinski definition) is 10. The number of fused-ring (bicyclic) bond motifs is 2. The van der Waals surface area contributed by atoms with Gasteiger partial charge in [-0.15, -0.1) is 0 Å². The van der Waals surface area contributed by atoms with Gasteiger partial charge in [-0.3, -0.25) is 9.80 Å². The highest BCUT2D eigenvalue weighted by molar-refractivity contribution is 14.1. The molecule has 384 valence electrons. The first kappa shape index (κ1) is 64.8. The Labute approximate surface area is 429 Å². The highest BCUT2D eigenvalue weighted by Crippen LogP contribution is 2.36. The van der Waals surface area contributed by atoms with Gasteiger partial charge in [0.05, 0.1) is 37.4 Å². The van der Waals surface area contributed by atoms with Crippen LogP contribution in [0.25, 0.3) is 0 Å². The minimum absolute atomic E-state index is 0. The molecule has 3 fully saturated rings. The lowest BCUT2D eigenvalue weighted by Gasteiger charge is -2.39. The largest absolute Gasteiger partial charge is 0.454 e. The molecule has 0 spiro atoms. The van der Waals surface area contributed by atoms with Crippen LogP contribution in [0.1, 0.15) is 91.0 Å². The van der Waals surface area contributed by atoms with Crippen LogP contribution < -0.4 is 30.8 Å². The van der Waals surface area contributed by atoms with E-state index in [0.717, 1.165) is 52.5 Å². The van der Waals surface area contributed by atoms with Crippen molar-refractivity contribution in [2.24, 2.45) is 11.5 Å². The van der Waals surface area contributed by atoms with Gasteiger partial charge in [0.25, 0.3) is 0 Å². The molecule has 14 heteroatoms. The van der Waals surface area contributed by atoms with E-state index in [1.165, 1.54) is 83.2 Å². The van der Waals surface area contributed by atoms with Gasteiger partial charge < -0.3 is 31.0 Å². The predicted molar refractivity (Wildman–Crippen MR) is 298 cm³/mol. The Morgan fingerprint density at radius 3 is 1.10 bits per heavy atom. The molecule has 0 saturated carbocycles. The zero-order valence-corrected chi connectivity index (χ0v) is 45.8. The Morgan fingerprint density at radius 1 is 0.559 bits per heavy atom. The number of rotatable bonds is 4. The molecule has 3 saturated heterocycles. The van der Waals surface area contributed by atoms with Gasteiger partial charge >= 0.3 is 7.12 Å². The molecule has 12 nitrogen and oxygen atoms in total. The van der Waals surface area contributed by atoms with Gasteiger partial charge in [0, 0.05) is 76.7 Å². The summed E-state index contributed by atoms with van der Waals surface area (Å²) in [6.07, 6.45) is 16.2. The lowest BCUT2D eigenvalue weighted by molar-refractivity contribution is -0.694. The number of aromatic nitrogens is 2. The van der Waals surface area contributed by atoms with Crippen molar-refractivity contribution < 1.29 is 28.9 Å². The molecule has 2 aromatic heterocycles. The molecule has 5 heterocycles. The summed E-state index contributed by atoms with van der Waals surface area (Å²) in [7, 11) is 4.94. The van der Waals surface area contributed by atoms with E-state index in [1.807, 2.05) is 20.7 Å². The predicted octanol–water partition coefficient (Wildman–Crippen LogP) is 6.75. The standard InChI is InChI=1S/2C19H24N3.C7H15BO2.C2H5I.C2H6.2CH5N.2CH4O.CH4/c2*1-4-10-21(11-5-1)22-14-12-20(13-15-22)19-9-8-17-6-2-3-7-18(17)16-19;1-6(2)7(3,4)10-8(5)9-6;1-2-3;5*1-2;/h2*1-7,10-11,19H,8-9,12-16H2;1-5H3;2H2,1H3;1-2H3;2*2H2,1H3;2*2H,1H3;1H4/q2*+1;;;;;;;;/i;;;2-1;1-1;;;;;. The first-order valence-electron chi connectivity index (χ1n) is 24.6. The number of aliphatic hydroxyl groups excluding tert-OH is 2. The number of hydrogen-bond donors (Lipinski definition) is 4. The van der Waals surface area contributed by atoms with Gasteiger partial charge in [0.2, 0.25) is 0 Å². The second-order valence-electron chi connectivity index (χ2n) is 16.9. The first-order chi connectivity index (χ1) is 32.6. The quantitative estimate of drug-likeness (QED) is 0.0755. The molecular weight excluding hydrogens is 960 g/mol. The summed E-state index contributed by atoms with van der Waals surface area (Å²) in [6.45, 7) is 25.4. The fourth-order valence-corrected chi connectivity index (χ4v) is 8.89. The van der Waals surface area contributed by atoms with E-state index < -0.39 is 0 Å². The number of aliphatic hydroxyl groups is 2. The number of nitrogens with two attached hydrogens (primary N) is 2. The van der Waals surface area contributed by atoms with Crippen LogP contribution in [0.5, 0.6) is 0 Å². The second kappa shape index (κ2) is 36.7. The SMILES string of the molecule is C.CB1OC(C)(C)C(C)(C)O1.CN.CN.CO.CO.C[11CH2]I.C[11CH3].c1cc[n+](N2CCN(C3CCc4ccccc4C3)CC2)cc1.c1cc[n+](N2CCN(C3CCc4ccccc4C3)CC2)cc1. The molecule has 9 rings (SSSR count). The molecule has 2 atom stereocenters. The van der Waals surface area contributed by atoms with Gasteiger partial charge in [-0.1, -0.05) is 121 Å². The van der Waals surface area contributed by atoms with E-state index in [-0.39, 0.29) is 25.7 Å². The van der Waals surface area contributed by atoms with Crippen LogP contribution in [0.3, 0.4) is 0 Å². The maximum absolute atomic E-state index is 7.00. The molecule has 0 radical (unpaired) electrons. The van der Waals surface area contributed by atoms with E-state index in [2.05, 4.69) is 208 Å². The van der Waals surface area contributed by atoms with Crippen molar-refractivity contribution in [3.8, 4) is 0 Å². The average molecular weight is 1060 g/mol. The Morgan fingerprint density at radius 2 is 0.838 bits per heavy atom. The monoisotopic (exact) mass is 1060 g/mol. The van der Waals surface area contributed by atoms with E-state index in [9.17, 15) is 0 Å². The molecule has 6 N–H and O–H groups in total. The number of pyridine rings is 2. The van der Waals surface area contributed by atoms with Crippen LogP contribution >= 0.6 is 22.6 Å². The van der Waals surface area contributed by atoms with Crippen molar-refractivity contribution in [2.75, 3.05) is 95.1 Å². The zero-order valence-electron chi connectivity index (χ0n) is 43.7. The van der Waals surface area contributed by atoms with E-state index in [4.69, 9.17) is 19.5 Å². The van der Waals surface area contributed by atoms with Crippen molar-refractivity contribution in [1.29, 1.82) is 0 Å². The third kappa shape index (κ3) is 20.6. The van der Waals surface area contributed by atoms with E-state index >= 15 is 0 Å². The van der Waals surface area contributed by atoms with Gasteiger partial charge in [-0.25, -0.2) is 0 Å². The summed E-state index contributed by atoms with van der Waals surface area (Å²) in [4.78, 5) is 5.41. The minimum Gasteiger partial charge on any atom is -0.403 e. The van der Waals surface area contributed by atoms with Crippen molar-refractivity contribution in [3.05, 3.63) is 132 Å². The summed E-state index contributed by atoms with van der Waals surface area (Å²) in [5.41, 5.74) is 14.9. The number of nitrogens with zero attached hydrogens (tertiary/aromatic N) is 6. The molecule has 0 amide bonds. The molecule has 0 bridgehead atoms. The van der Waals surface area contributed by atoms with Crippen molar-refractivity contribution >= 4 is 29.7 Å². The van der Waals surface area contributed by atoms with Crippen LogP contribution in [0.4, 0.5) is 0 Å². The Kier molecular flexibility index (Phi) is 35.0. The molecule has 3 aliphatic heterocycles. The topological polar surface area (TPSA) is 132 Å². The molecule has 5 aliphatic rings. The number of piperazine rings is 2. The molecule has 4 aromatic rings. The highest BCUT2D eigenvalue weighted by atomic mass is 127. The van der Waals surface area contributed by atoms with Crippen molar-refractivity contribution in [3.63, 3.8) is 0 Å². The summed E-state index contributed by atoms with van der Waals surface area (Å²) < 4.78 is 16.8. The number of benzene rings is 2. The number of aryl methyl sites for hydroxylation is 2. The second-order valence-corrected chi connectivity index (χ2v) is 18.4. The third-order valence-electron chi connectivity index (χ3n) is 12.7. The fourth-order valence-electron chi connectivity index (χ4n) is 8.89.